The number of primary amides is 1. The summed E-state index contributed by atoms with van der Waals surface area (Å²) in [6.45, 7) is 5.65. The Morgan fingerprint density at radius 3 is 2.80 bits per heavy atom. The van der Waals surface area contributed by atoms with E-state index in [1.165, 1.54) is 0 Å². The van der Waals surface area contributed by atoms with Gasteiger partial charge in [0, 0.05) is 10.9 Å². The fraction of sp³-hybridized carbons (Fsp3) is 0.0625. The Labute approximate surface area is 126 Å². The Morgan fingerprint density at radius 2 is 2.20 bits per heavy atom. The van der Waals surface area contributed by atoms with Gasteiger partial charge in [0.1, 0.15) is 5.69 Å². The number of carbonyl (C=O) groups is 1. The molecule has 0 saturated carbocycles. The lowest BCUT2D eigenvalue weighted by Gasteiger charge is -2.02. The molecule has 0 unspecified atom stereocenters. The molecule has 0 aliphatic carbocycles. The van der Waals surface area contributed by atoms with Crippen LogP contribution in [-0.2, 0) is 0 Å². The van der Waals surface area contributed by atoms with Crippen molar-refractivity contribution in [2.45, 2.75) is 6.92 Å². The summed E-state index contributed by atoms with van der Waals surface area (Å²) in [6, 6.07) is 5.96. The quantitative estimate of drug-likeness (QED) is 0.812. The number of rotatable bonds is 4. The van der Waals surface area contributed by atoms with Crippen LogP contribution in [-0.4, -0.2) is 10.9 Å². The Balaban J connectivity index is 2.56. The number of fused-ring (bicyclic) bond motifs is 1. The summed E-state index contributed by atoms with van der Waals surface area (Å²) in [6.07, 6.45) is 7.63. The molecule has 1 heterocycles. The van der Waals surface area contributed by atoms with E-state index in [1.807, 2.05) is 43.4 Å². The van der Waals surface area contributed by atoms with Crippen molar-refractivity contribution in [1.29, 1.82) is 0 Å². The molecule has 0 saturated heterocycles. The summed E-state index contributed by atoms with van der Waals surface area (Å²) in [7, 11) is 0. The van der Waals surface area contributed by atoms with Crippen LogP contribution in [0.3, 0.4) is 0 Å². The SMILES string of the molecule is C=CC=CC(=CC)c1ccc2c(Br)c(C(N)=O)[nH]c2c1. The lowest BCUT2D eigenvalue weighted by atomic mass is 10.0. The molecule has 2 aromatic rings. The standard InChI is InChI=1S/C16H15BrN2O/c1-3-5-6-10(4-2)11-7-8-12-13(9-11)19-15(14(12)17)16(18)20/h3-9,19H,1H2,2H3,(H2,18,20). The number of hydrogen-bond donors (Lipinski definition) is 2. The number of halogens is 1. The maximum atomic E-state index is 11.3. The first kappa shape index (κ1) is 14.3. The number of benzene rings is 1. The Bertz CT molecular complexity index is 738. The van der Waals surface area contributed by atoms with E-state index >= 15 is 0 Å². The van der Waals surface area contributed by atoms with Crippen LogP contribution in [0.25, 0.3) is 16.5 Å². The number of nitrogens with one attached hydrogen (secondary N) is 1. The average molecular weight is 331 g/mol. The number of hydrogen-bond acceptors (Lipinski definition) is 1. The van der Waals surface area contributed by atoms with Crippen molar-refractivity contribution in [3.8, 4) is 0 Å². The number of amides is 1. The van der Waals surface area contributed by atoms with Gasteiger partial charge in [0.15, 0.2) is 0 Å². The van der Waals surface area contributed by atoms with Gasteiger partial charge in [-0.3, -0.25) is 4.79 Å². The number of nitrogens with two attached hydrogens (primary N) is 1. The normalized spacial score (nSPS) is 12.2. The predicted molar refractivity (Wildman–Crippen MR) is 87.5 cm³/mol. The van der Waals surface area contributed by atoms with Crippen molar-refractivity contribution < 1.29 is 4.79 Å². The molecule has 3 nitrogen and oxygen atoms in total. The molecular formula is C16H15BrN2O. The summed E-state index contributed by atoms with van der Waals surface area (Å²) < 4.78 is 0.704. The topological polar surface area (TPSA) is 58.9 Å². The van der Waals surface area contributed by atoms with E-state index in [1.54, 1.807) is 6.08 Å². The zero-order chi connectivity index (χ0) is 14.7. The van der Waals surface area contributed by atoms with Gasteiger partial charge in [-0.2, -0.15) is 0 Å². The molecule has 0 fully saturated rings. The molecule has 20 heavy (non-hydrogen) atoms. The van der Waals surface area contributed by atoms with Crippen molar-refractivity contribution in [3.63, 3.8) is 0 Å². The summed E-state index contributed by atoms with van der Waals surface area (Å²) in [4.78, 5) is 14.4. The first-order valence-corrected chi connectivity index (χ1v) is 6.94. The van der Waals surface area contributed by atoms with Gasteiger partial charge in [0.05, 0.1) is 4.47 Å². The van der Waals surface area contributed by atoms with Gasteiger partial charge in [0.2, 0.25) is 0 Å². The lowest BCUT2D eigenvalue weighted by Crippen LogP contribution is -2.11. The molecule has 1 aromatic carbocycles. The van der Waals surface area contributed by atoms with E-state index in [0.717, 1.165) is 22.0 Å². The van der Waals surface area contributed by atoms with Crippen LogP contribution >= 0.6 is 15.9 Å². The molecule has 0 bridgehead atoms. The van der Waals surface area contributed by atoms with Crippen molar-refractivity contribution in [2.75, 3.05) is 0 Å². The third-order valence-electron chi connectivity index (χ3n) is 3.04. The van der Waals surface area contributed by atoms with E-state index < -0.39 is 5.91 Å². The molecule has 0 aliphatic rings. The highest BCUT2D eigenvalue weighted by Gasteiger charge is 2.13. The fourth-order valence-electron chi connectivity index (χ4n) is 2.04. The number of carbonyl (C=O) groups excluding carboxylic acids is 1. The summed E-state index contributed by atoms with van der Waals surface area (Å²) >= 11 is 3.40. The zero-order valence-electron chi connectivity index (χ0n) is 11.1. The van der Waals surface area contributed by atoms with Crippen LogP contribution < -0.4 is 5.73 Å². The second-order valence-corrected chi connectivity index (χ2v) is 5.07. The number of aromatic amines is 1. The third-order valence-corrected chi connectivity index (χ3v) is 3.86. The smallest absolute Gasteiger partial charge is 0.266 e. The average Bonchev–Trinajstić information content (AvgIpc) is 2.77. The highest BCUT2D eigenvalue weighted by Crippen LogP contribution is 2.30. The largest absolute Gasteiger partial charge is 0.364 e. The van der Waals surface area contributed by atoms with Crippen LogP contribution in [0, 0.1) is 0 Å². The molecule has 4 heteroatoms. The van der Waals surface area contributed by atoms with E-state index in [2.05, 4.69) is 27.5 Å². The van der Waals surface area contributed by atoms with E-state index in [-0.39, 0.29) is 0 Å². The first-order chi connectivity index (χ1) is 9.58. The molecule has 3 N–H and O–H groups in total. The van der Waals surface area contributed by atoms with Crippen molar-refractivity contribution in [3.05, 3.63) is 64.8 Å². The third kappa shape index (κ3) is 2.60. The van der Waals surface area contributed by atoms with Crippen molar-refractivity contribution >= 4 is 38.3 Å². The Kier molecular flexibility index (Phi) is 4.25. The van der Waals surface area contributed by atoms with E-state index in [9.17, 15) is 4.79 Å². The van der Waals surface area contributed by atoms with Crippen LogP contribution in [0.2, 0.25) is 0 Å². The minimum Gasteiger partial charge on any atom is -0.364 e. The van der Waals surface area contributed by atoms with Crippen LogP contribution in [0.15, 0.2) is 53.6 Å². The van der Waals surface area contributed by atoms with Crippen molar-refractivity contribution in [1.82, 2.24) is 4.98 Å². The molecule has 0 aliphatic heterocycles. The van der Waals surface area contributed by atoms with Gasteiger partial charge >= 0.3 is 0 Å². The van der Waals surface area contributed by atoms with E-state index in [4.69, 9.17) is 5.73 Å². The fourth-order valence-corrected chi connectivity index (χ4v) is 2.68. The number of aromatic nitrogens is 1. The van der Waals surface area contributed by atoms with Gasteiger partial charge in [-0.15, -0.1) is 0 Å². The first-order valence-electron chi connectivity index (χ1n) is 6.15. The molecule has 1 amide bonds. The molecule has 0 radical (unpaired) electrons. The van der Waals surface area contributed by atoms with Gasteiger partial charge < -0.3 is 10.7 Å². The summed E-state index contributed by atoms with van der Waals surface area (Å²) in [5.41, 5.74) is 8.73. The predicted octanol–water partition coefficient (Wildman–Crippen LogP) is 4.17. The maximum absolute atomic E-state index is 11.3. The molecule has 2 rings (SSSR count). The van der Waals surface area contributed by atoms with Gasteiger partial charge in [-0.05, 0) is 40.1 Å². The van der Waals surface area contributed by atoms with Crippen molar-refractivity contribution in [2.24, 2.45) is 5.73 Å². The van der Waals surface area contributed by atoms with E-state index in [0.29, 0.717) is 10.2 Å². The highest BCUT2D eigenvalue weighted by atomic mass is 79.9. The molecule has 0 atom stereocenters. The monoisotopic (exact) mass is 330 g/mol. The minimum absolute atomic E-state index is 0.390. The molecule has 0 spiro atoms. The Hall–Kier alpha value is -2.07. The zero-order valence-corrected chi connectivity index (χ0v) is 12.7. The Morgan fingerprint density at radius 1 is 1.45 bits per heavy atom. The van der Waals surface area contributed by atoms with Crippen LogP contribution in [0.1, 0.15) is 23.0 Å². The summed E-state index contributed by atoms with van der Waals surface area (Å²) in [5.74, 6) is -0.479. The number of H-pyrrole nitrogens is 1. The lowest BCUT2D eigenvalue weighted by molar-refractivity contribution is 0.0995. The second kappa shape index (κ2) is 5.92. The van der Waals surface area contributed by atoms with Gasteiger partial charge in [0.25, 0.3) is 5.91 Å². The maximum Gasteiger partial charge on any atom is 0.266 e. The minimum atomic E-state index is -0.479. The second-order valence-electron chi connectivity index (χ2n) is 4.28. The van der Waals surface area contributed by atoms with Crippen LogP contribution in [0.4, 0.5) is 0 Å². The molecule has 102 valence electrons. The van der Waals surface area contributed by atoms with Gasteiger partial charge in [-0.1, -0.05) is 43.0 Å². The summed E-state index contributed by atoms with van der Waals surface area (Å²) in [5, 5.41) is 0.936. The molecule has 1 aromatic heterocycles. The highest BCUT2D eigenvalue weighted by molar-refractivity contribution is 9.10. The molecular weight excluding hydrogens is 316 g/mol. The number of allylic oxidation sites excluding steroid dienone is 5. The van der Waals surface area contributed by atoms with Gasteiger partial charge in [-0.25, -0.2) is 0 Å². The van der Waals surface area contributed by atoms with Crippen LogP contribution in [0.5, 0.6) is 0 Å².